The number of fused-ring (bicyclic) bond motifs is 1. The molecule has 1 saturated heterocycles. The van der Waals surface area contributed by atoms with Crippen LogP contribution in [0.3, 0.4) is 0 Å². The van der Waals surface area contributed by atoms with Gasteiger partial charge in [0.2, 0.25) is 5.91 Å². The van der Waals surface area contributed by atoms with Crippen LogP contribution in [0.4, 0.5) is 0 Å². The Morgan fingerprint density at radius 2 is 2.19 bits per heavy atom. The van der Waals surface area contributed by atoms with Gasteiger partial charge < -0.3 is 10.6 Å². The van der Waals surface area contributed by atoms with Gasteiger partial charge in [-0.2, -0.15) is 0 Å². The first kappa shape index (κ1) is 14.6. The summed E-state index contributed by atoms with van der Waals surface area (Å²) in [5.41, 5.74) is 2.20. The number of nitrogens with one attached hydrogen (secondary N) is 2. The number of hydrogen-bond donors (Lipinski definition) is 2. The average molecular weight is 286 g/mol. The van der Waals surface area contributed by atoms with Gasteiger partial charge in [-0.3, -0.25) is 4.79 Å². The third kappa shape index (κ3) is 2.71. The fraction of sp³-hybridized carbons (Fsp3) is 0.611. The molecule has 0 spiro atoms. The van der Waals surface area contributed by atoms with Gasteiger partial charge in [0.05, 0.1) is 5.41 Å². The molecule has 1 aliphatic carbocycles. The van der Waals surface area contributed by atoms with Crippen molar-refractivity contribution in [1.82, 2.24) is 10.6 Å². The van der Waals surface area contributed by atoms with E-state index in [4.69, 9.17) is 0 Å². The molecule has 1 amide bonds. The van der Waals surface area contributed by atoms with E-state index in [0.29, 0.717) is 5.92 Å². The van der Waals surface area contributed by atoms with Gasteiger partial charge in [0.1, 0.15) is 0 Å². The van der Waals surface area contributed by atoms with Crippen molar-refractivity contribution in [2.75, 3.05) is 13.1 Å². The van der Waals surface area contributed by atoms with Crippen LogP contribution in [0.5, 0.6) is 0 Å². The predicted octanol–water partition coefficient (Wildman–Crippen LogP) is 2.39. The van der Waals surface area contributed by atoms with Crippen LogP contribution in [-0.4, -0.2) is 25.0 Å². The molecule has 114 valence electrons. The Morgan fingerprint density at radius 3 is 3.00 bits per heavy atom. The lowest BCUT2D eigenvalue weighted by Gasteiger charge is -2.38. The number of carbonyl (C=O) groups excluding carboxylic acids is 1. The van der Waals surface area contributed by atoms with Gasteiger partial charge in [-0.05, 0) is 56.2 Å². The van der Waals surface area contributed by atoms with E-state index >= 15 is 0 Å². The lowest BCUT2D eigenvalue weighted by atomic mass is 9.70. The summed E-state index contributed by atoms with van der Waals surface area (Å²) in [4.78, 5) is 13.0. The summed E-state index contributed by atoms with van der Waals surface area (Å²) < 4.78 is 0. The van der Waals surface area contributed by atoms with Crippen molar-refractivity contribution in [3.63, 3.8) is 0 Å². The first-order valence-corrected chi connectivity index (χ1v) is 8.21. The molecular formula is C18H26N2O. The van der Waals surface area contributed by atoms with E-state index < -0.39 is 0 Å². The molecule has 1 heterocycles. The number of hydrogen-bond acceptors (Lipinski definition) is 2. The van der Waals surface area contributed by atoms with Crippen LogP contribution in [0.25, 0.3) is 0 Å². The van der Waals surface area contributed by atoms with E-state index in [0.717, 1.165) is 38.8 Å². The second-order valence-corrected chi connectivity index (χ2v) is 6.89. The number of carbonyl (C=O) groups is 1. The van der Waals surface area contributed by atoms with Gasteiger partial charge >= 0.3 is 0 Å². The molecule has 21 heavy (non-hydrogen) atoms. The van der Waals surface area contributed by atoms with Crippen molar-refractivity contribution < 1.29 is 4.79 Å². The minimum atomic E-state index is -0.369. The van der Waals surface area contributed by atoms with Crippen LogP contribution in [0.15, 0.2) is 24.3 Å². The third-order valence-corrected chi connectivity index (χ3v) is 5.38. The van der Waals surface area contributed by atoms with Crippen molar-refractivity contribution in [2.45, 2.75) is 51.0 Å². The van der Waals surface area contributed by atoms with Gasteiger partial charge in [-0.15, -0.1) is 0 Å². The van der Waals surface area contributed by atoms with Crippen molar-refractivity contribution in [2.24, 2.45) is 5.92 Å². The summed E-state index contributed by atoms with van der Waals surface area (Å²) in [5, 5.41) is 6.71. The molecule has 1 fully saturated rings. The molecule has 0 saturated carbocycles. The fourth-order valence-electron chi connectivity index (χ4n) is 3.79. The Balaban J connectivity index is 1.81. The highest BCUT2D eigenvalue weighted by atomic mass is 16.2. The number of piperidine rings is 1. The molecule has 0 aromatic heterocycles. The van der Waals surface area contributed by atoms with Crippen molar-refractivity contribution >= 4 is 5.91 Å². The fourth-order valence-corrected chi connectivity index (χ4v) is 3.79. The molecule has 3 heteroatoms. The molecule has 2 aliphatic rings. The van der Waals surface area contributed by atoms with Gasteiger partial charge in [0, 0.05) is 12.6 Å². The smallest absolute Gasteiger partial charge is 0.230 e. The van der Waals surface area contributed by atoms with Gasteiger partial charge in [-0.25, -0.2) is 0 Å². The zero-order valence-corrected chi connectivity index (χ0v) is 13.1. The van der Waals surface area contributed by atoms with Crippen molar-refractivity contribution in [3.8, 4) is 0 Å². The SMILES string of the molecule is CC1CCNCC1NC(=O)C1(C)CCCc2ccccc21. The normalized spacial score (nSPS) is 32.3. The van der Waals surface area contributed by atoms with Crippen LogP contribution < -0.4 is 10.6 Å². The number of rotatable bonds is 2. The topological polar surface area (TPSA) is 41.1 Å². The summed E-state index contributed by atoms with van der Waals surface area (Å²) in [6, 6.07) is 8.70. The van der Waals surface area contributed by atoms with Gasteiger partial charge in [-0.1, -0.05) is 31.2 Å². The van der Waals surface area contributed by atoms with E-state index in [1.165, 1.54) is 11.1 Å². The number of amides is 1. The monoisotopic (exact) mass is 286 g/mol. The zero-order valence-electron chi connectivity index (χ0n) is 13.1. The van der Waals surface area contributed by atoms with Crippen LogP contribution in [0, 0.1) is 5.92 Å². The first-order valence-electron chi connectivity index (χ1n) is 8.21. The summed E-state index contributed by atoms with van der Waals surface area (Å²) in [5.74, 6) is 0.757. The maximum absolute atomic E-state index is 13.0. The van der Waals surface area contributed by atoms with Crippen LogP contribution in [0.2, 0.25) is 0 Å². The molecule has 3 atom stereocenters. The molecule has 3 unspecified atom stereocenters. The number of aryl methyl sites for hydroxylation is 1. The van der Waals surface area contributed by atoms with E-state index in [2.05, 4.69) is 48.7 Å². The predicted molar refractivity (Wildman–Crippen MR) is 85.3 cm³/mol. The summed E-state index contributed by atoms with van der Waals surface area (Å²) in [6.07, 6.45) is 4.28. The minimum absolute atomic E-state index is 0.204. The Kier molecular flexibility index (Phi) is 4.03. The molecule has 0 bridgehead atoms. The summed E-state index contributed by atoms with van der Waals surface area (Å²) in [6.45, 7) is 6.31. The van der Waals surface area contributed by atoms with E-state index in [-0.39, 0.29) is 17.4 Å². The highest BCUT2D eigenvalue weighted by Crippen LogP contribution is 2.37. The Labute approximate surface area is 127 Å². The first-order chi connectivity index (χ1) is 10.1. The standard InChI is InChI=1S/C18H26N2O/c1-13-9-11-19-12-16(13)20-17(21)18(2)10-5-7-14-6-3-4-8-15(14)18/h3-4,6,8,13,16,19H,5,7,9-12H2,1-2H3,(H,20,21). The molecule has 1 aromatic carbocycles. The van der Waals surface area contributed by atoms with Crippen LogP contribution in [0.1, 0.15) is 44.2 Å². The second-order valence-electron chi connectivity index (χ2n) is 6.89. The largest absolute Gasteiger partial charge is 0.351 e. The Morgan fingerprint density at radius 1 is 1.38 bits per heavy atom. The maximum atomic E-state index is 13.0. The Bertz CT molecular complexity index is 528. The third-order valence-electron chi connectivity index (χ3n) is 5.38. The van der Waals surface area contributed by atoms with Crippen LogP contribution in [-0.2, 0) is 16.6 Å². The van der Waals surface area contributed by atoms with Crippen molar-refractivity contribution in [3.05, 3.63) is 35.4 Å². The number of benzene rings is 1. The molecular weight excluding hydrogens is 260 g/mol. The van der Waals surface area contributed by atoms with Gasteiger partial charge in [0.15, 0.2) is 0 Å². The van der Waals surface area contributed by atoms with E-state index in [1.54, 1.807) is 0 Å². The zero-order chi connectivity index (χ0) is 14.9. The van der Waals surface area contributed by atoms with Crippen LogP contribution >= 0.6 is 0 Å². The van der Waals surface area contributed by atoms with Crippen molar-refractivity contribution in [1.29, 1.82) is 0 Å². The summed E-state index contributed by atoms with van der Waals surface area (Å²) in [7, 11) is 0. The average Bonchev–Trinajstić information content (AvgIpc) is 2.50. The Hall–Kier alpha value is -1.35. The minimum Gasteiger partial charge on any atom is -0.351 e. The summed E-state index contributed by atoms with van der Waals surface area (Å²) >= 11 is 0. The molecule has 1 aliphatic heterocycles. The second kappa shape index (κ2) is 5.80. The highest BCUT2D eigenvalue weighted by Gasteiger charge is 2.40. The molecule has 1 aromatic rings. The quantitative estimate of drug-likeness (QED) is 0.876. The molecule has 2 N–H and O–H groups in total. The highest BCUT2D eigenvalue weighted by molar-refractivity contribution is 5.88. The molecule has 3 nitrogen and oxygen atoms in total. The van der Waals surface area contributed by atoms with E-state index in [1.807, 2.05) is 0 Å². The lowest BCUT2D eigenvalue weighted by molar-refractivity contribution is -0.128. The molecule has 3 rings (SSSR count). The van der Waals surface area contributed by atoms with E-state index in [9.17, 15) is 4.79 Å². The lowest BCUT2D eigenvalue weighted by Crippen LogP contribution is -2.55. The van der Waals surface area contributed by atoms with Gasteiger partial charge in [0.25, 0.3) is 0 Å². The molecule has 0 radical (unpaired) electrons. The maximum Gasteiger partial charge on any atom is 0.230 e.